The second kappa shape index (κ2) is 9.54. The quantitative estimate of drug-likeness (QED) is 0.555. The molecular formula is C22H19Cl2FN4O3S. The number of nitrogens with one attached hydrogen (secondary N) is 1. The van der Waals surface area contributed by atoms with E-state index in [1.165, 1.54) is 18.3 Å². The summed E-state index contributed by atoms with van der Waals surface area (Å²) in [6.07, 6.45) is 1.42. The molecule has 11 heteroatoms. The lowest BCUT2D eigenvalue weighted by atomic mass is 10.1. The first-order chi connectivity index (χ1) is 15.7. The van der Waals surface area contributed by atoms with Crippen molar-refractivity contribution in [2.24, 2.45) is 0 Å². The van der Waals surface area contributed by atoms with Crippen LogP contribution in [0.15, 0.2) is 65.7 Å². The maximum atomic E-state index is 13.0. The molecule has 4 rings (SSSR count). The van der Waals surface area contributed by atoms with Gasteiger partial charge >= 0.3 is 0 Å². The van der Waals surface area contributed by atoms with Gasteiger partial charge in [0.25, 0.3) is 15.9 Å². The summed E-state index contributed by atoms with van der Waals surface area (Å²) >= 11 is 12.1. The van der Waals surface area contributed by atoms with Crippen molar-refractivity contribution in [3.8, 4) is 0 Å². The number of amides is 1. The molecule has 2 heterocycles. The van der Waals surface area contributed by atoms with Crippen LogP contribution in [-0.4, -0.2) is 50.4 Å². The Morgan fingerprint density at radius 3 is 2.27 bits per heavy atom. The second-order valence-corrected chi connectivity index (χ2v) is 9.89. The van der Waals surface area contributed by atoms with E-state index in [4.69, 9.17) is 23.2 Å². The number of pyridine rings is 1. The smallest absolute Gasteiger partial charge is 0.261 e. The van der Waals surface area contributed by atoms with Gasteiger partial charge in [-0.25, -0.2) is 17.8 Å². The normalized spacial score (nSPS) is 14.3. The molecule has 0 spiro atoms. The Morgan fingerprint density at radius 2 is 1.67 bits per heavy atom. The molecule has 1 amide bonds. The molecule has 1 fully saturated rings. The zero-order valence-corrected chi connectivity index (χ0v) is 19.5. The van der Waals surface area contributed by atoms with Crippen LogP contribution in [0.4, 0.5) is 15.9 Å². The summed E-state index contributed by atoms with van der Waals surface area (Å²) in [5.41, 5.74) is 0.694. The molecule has 0 radical (unpaired) electrons. The lowest BCUT2D eigenvalue weighted by Crippen LogP contribution is -2.49. The minimum atomic E-state index is -3.85. The first kappa shape index (κ1) is 23.3. The van der Waals surface area contributed by atoms with Gasteiger partial charge in [-0.3, -0.25) is 9.52 Å². The summed E-state index contributed by atoms with van der Waals surface area (Å²) in [4.78, 5) is 20.8. The summed E-state index contributed by atoms with van der Waals surface area (Å²) in [6.45, 7) is 2.09. The molecule has 2 aromatic carbocycles. The molecule has 1 aromatic heterocycles. The number of benzene rings is 2. The highest BCUT2D eigenvalue weighted by Crippen LogP contribution is 2.24. The molecule has 1 aliphatic rings. The van der Waals surface area contributed by atoms with E-state index in [1.807, 2.05) is 4.90 Å². The van der Waals surface area contributed by atoms with E-state index in [0.29, 0.717) is 47.6 Å². The van der Waals surface area contributed by atoms with Gasteiger partial charge in [0.2, 0.25) is 0 Å². The van der Waals surface area contributed by atoms with Crippen molar-refractivity contribution in [2.45, 2.75) is 4.90 Å². The number of nitrogens with zero attached hydrogens (tertiary/aromatic N) is 3. The molecule has 1 saturated heterocycles. The first-order valence-corrected chi connectivity index (χ1v) is 12.2. The van der Waals surface area contributed by atoms with Crippen LogP contribution >= 0.6 is 23.2 Å². The highest BCUT2D eigenvalue weighted by atomic mass is 35.5. The van der Waals surface area contributed by atoms with Gasteiger partial charge in [0.1, 0.15) is 11.6 Å². The Bertz CT molecular complexity index is 1260. The van der Waals surface area contributed by atoms with Gasteiger partial charge in [-0.15, -0.1) is 0 Å². The fraction of sp³-hybridized carbons (Fsp3) is 0.182. The van der Waals surface area contributed by atoms with Crippen molar-refractivity contribution in [1.82, 2.24) is 9.88 Å². The molecule has 0 aliphatic carbocycles. The number of piperazine rings is 1. The first-order valence-electron chi connectivity index (χ1n) is 9.97. The number of carbonyl (C=O) groups excluding carboxylic acids is 1. The molecule has 1 N–H and O–H groups in total. The zero-order chi connectivity index (χ0) is 23.6. The molecule has 7 nitrogen and oxygen atoms in total. The fourth-order valence-electron chi connectivity index (χ4n) is 3.43. The monoisotopic (exact) mass is 508 g/mol. The summed E-state index contributed by atoms with van der Waals surface area (Å²) in [6, 6.07) is 12.7. The van der Waals surface area contributed by atoms with Crippen LogP contribution in [0, 0.1) is 5.82 Å². The Hall–Kier alpha value is -2.88. The third-order valence-electron chi connectivity index (χ3n) is 5.18. The van der Waals surface area contributed by atoms with Crippen LogP contribution in [0.3, 0.4) is 0 Å². The highest BCUT2D eigenvalue weighted by molar-refractivity contribution is 7.92. The van der Waals surface area contributed by atoms with E-state index >= 15 is 0 Å². The Balaban J connectivity index is 1.37. The summed E-state index contributed by atoms with van der Waals surface area (Å²) in [7, 11) is -3.85. The standard InChI is InChI=1S/C22H19Cl2FN4O3S/c23-15-1-7-19(20(24)13-15)22(30)29-11-9-28(10-12-29)21-8-4-17(14-26-21)27-33(31,32)18-5-2-16(25)3-6-18/h1-8,13-14,27H,9-12H2. The molecule has 3 aromatic rings. The van der Waals surface area contributed by atoms with E-state index in [9.17, 15) is 17.6 Å². The molecular weight excluding hydrogens is 490 g/mol. The van der Waals surface area contributed by atoms with Gasteiger partial charge in [0.15, 0.2) is 0 Å². The molecule has 0 saturated carbocycles. The third-order valence-corrected chi connectivity index (χ3v) is 7.12. The van der Waals surface area contributed by atoms with Crippen molar-refractivity contribution in [2.75, 3.05) is 35.8 Å². The zero-order valence-electron chi connectivity index (χ0n) is 17.2. The molecule has 1 aliphatic heterocycles. The van der Waals surface area contributed by atoms with Gasteiger partial charge in [-0.05, 0) is 54.6 Å². The number of aromatic nitrogens is 1. The van der Waals surface area contributed by atoms with Gasteiger partial charge < -0.3 is 9.80 Å². The molecule has 0 atom stereocenters. The van der Waals surface area contributed by atoms with Crippen molar-refractivity contribution in [3.05, 3.63) is 82.2 Å². The fourth-order valence-corrected chi connectivity index (χ4v) is 4.97. The number of rotatable bonds is 5. The molecule has 0 unspecified atom stereocenters. The van der Waals surface area contributed by atoms with Crippen LogP contribution in [0.5, 0.6) is 0 Å². The van der Waals surface area contributed by atoms with Crippen LogP contribution in [0.1, 0.15) is 10.4 Å². The molecule has 172 valence electrons. The van der Waals surface area contributed by atoms with Crippen molar-refractivity contribution >= 4 is 50.6 Å². The average molecular weight is 509 g/mol. The van der Waals surface area contributed by atoms with E-state index in [-0.39, 0.29) is 16.5 Å². The van der Waals surface area contributed by atoms with E-state index in [1.54, 1.807) is 35.2 Å². The Morgan fingerprint density at radius 1 is 0.970 bits per heavy atom. The SMILES string of the molecule is O=C(c1ccc(Cl)cc1Cl)N1CCN(c2ccc(NS(=O)(=O)c3ccc(F)cc3)cn2)CC1. The van der Waals surface area contributed by atoms with Crippen LogP contribution < -0.4 is 9.62 Å². The number of halogens is 3. The second-order valence-electron chi connectivity index (χ2n) is 7.37. The van der Waals surface area contributed by atoms with Crippen molar-refractivity contribution in [3.63, 3.8) is 0 Å². The highest BCUT2D eigenvalue weighted by Gasteiger charge is 2.24. The van der Waals surface area contributed by atoms with Crippen LogP contribution in [0.2, 0.25) is 10.0 Å². The average Bonchev–Trinajstić information content (AvgIpc) is 2.79. The lowest BCUT2D eigenvalue weighted by molar-refractivity contribution is 0.0746. The largest absolute Gasteiger partial charge is 0.353 e. The van der Waals surface area contributed by atoms with Gasteiger partial charge in [-0.2, -0.15) is 0 Å². The maximum absolute atomic E-state index is 13.0. The number of hydrogen-bond acceptors (Lipinski definition) is 5. The third kappa shape index (κ3) is 5.38. The summed E-state index contributed by atoms with van der Waals surface area (Å²) in [5, 5.41) is 0.783. The minimum Gasteiger partial charge on any atom is -0.353 e. The molecule has 33 heavy (non-hydrogen) atoms. The van der Waals surface area contributed by atoms with Crippen molar-refractivity contribution < 1.29 is 17.6 Å². The van der Waals surface area contributed by atoms with E-state index in [2.05, 4.69) is 9.71 Å². The number of sulfonamides is 1. The maximum Gasteiger partial charge on any atom is 0.261 e. The van der Waals surface area contributed by atoms with Crippen molar-refractivity contribution in [1.29, 1.82) is 0 Å². The predicted octanol–water partition coefficient (Wildman–Crippen LogP) is 4.29. The topological polar surface area (TPSA) is 82.6 Å². The van der Waals surface area contributed by atoms with Crippen LogP contribution in [-0.2, 0) is 10.0 Å². The Labute approximate surface area is 200 Å². The van der Waals surface area contributed by atoms with Gasteiger partial charge in [0.05, 0.1) is 27.4 Å². The number of hydrogen-bond donors (Lipinski definition) is 1. The lowest BCUT2D eigenvalue weighted by Gasteiger charge is -2.35. The summed E-state index contributed by atoms with van der Waals surface area (Å²) in [5.74, 6) is -0.00999. The molecule has 0 bridgehead atoms. The van der Waals surface area contributed by atoms with Crippen LogP contribution in [0.25, 0.3) is 0 Å². The number of carbonyl (C=O) groups is 1. The predicted molar refractivity (Wildman–Crippen MR) is 126 cm³/mol. The minimum absolute atomic E-state index is 0.0467. The number of anilines is 2. The van der Waals surface area contributed by atoms with Gasteiger partial charge in [0, 0.05) is 31.2 Å². The Kier molecular flexibility index (Phi) is 6.73. The van der Waals surface area contributed by atoms with E-state index < -0.39 is 15.8 Å². The van der Waals surface area contributed by atoms with Gasteiger partial charge in [-0.1, -0.05) is 23.2 Å². The van der Waals surface area contributed by atoms with E-state index in [0.717, 1.165) is 12.1 Å². The summed E-state index contributed by atoms with van der Waals surface area (Å²) < 4.78 is 40.3.